The van der Waals surface area contributed by atoms with E-state index in [2.05, 4.69) is 10.5 Å². The molecule has 0 aliphatic rings. The number of benzene rings is 2. The molecule has 2 aromatic carbocycles. The van der Waals surface area contributed by atoms with Crippen LogP contribution in [-0.4, -0.2) is 43.2 Å². The van der Waals surface area contributed by atoms with Crippen LogP contribution in [0.2, 0.25) is 0 Å². The van der Waals surface area contributed by atoms with E-state index in [1.165, 1.54) is 12.1 Å². The molecule has 3 rings (SSSR count). The number of ether oxygens (including phenoxy) is 2. The number of halogens is 1. The molecule has 1 N–H and O–H groups in total. The first kappa shape index (κ1) is 23.3. The molecule has 8 heteroatoms. The van der Waals surface area contributed by atoms with Crippen molar-refractivity contribution in [2.24, 2.45) is 0 Å². The van der Waals surface area contributed by atoms with Crippen molar-refractivity contribution in [3.8, 4) is 11.5 Å². The lowest BCUT2D eigenvalue weighted by atomic mass is 10.1. The second kappa shape index (κ2) is 11.3. The highest BCUT2D eigenvalue weighted by Gasteiger charge is 2.14. The molecule has 1 heterocycles. The Kier molecular flexibility index (Phi) is 8.21. The fraction of sp³-hybridized carbons (Fsp3) is 0.333. The summed E-state index contributed by atoms with van der Waals surface area (Å²) in [5, 5.41) is 6.56. The van der Waals surface area contributed by atoms with E-state index < -0.39 is 0 Å². The highest BCUT2D eigenvalue weighted by Crippen LogP contribution is 2.29. The number of amides is 1. The van der Waals surface area contributed by atoms with E-state index >= 15 is 0 Å². The fourth-order valence-corrected chi connectivity index (χ4v) is 3.27. The second-order valence-corrected chi connectivity index (χ2v) is 7.47. The zero-order chi connectivity index (χ0) is 22.9. The Morgan fingerprint density at radius 2 is 2.00 bits per heavy atom. The molecule has 0 saturated carbocycles. The monoisotopic (exact) mass is 441 g/mol. The normalized spacial score (nSPS) is 10.9. The van der Waals surface area contributed by atoms with Crippen LogP contribution < -0.4 is 14.8 Å². The zero-order valence-electron chi connectivity index (χ0n) is 18.6. The summed E-state index contributed by atoms with van der Waals surface area (Å²) in [6, 6.07) is 13.9. The summed E-state index contributed by atoms with van der Waals surface area (Å²) in [5.41, 5.74) is 2.58. The van der Waals surface area contributed by atoms with Crippen LogP contribution in [0.4, 0.5) is 4.39 Å². The smallest absolute Gasteiger partial charge is 0.233 e. The van der Waals surface area contributed by atoms with Gasteiger partial charge in [-0.1, -0.05) is 23.4 Å². The van der Waals surface area contributed by atoms with Gasteiger partial charge in [0.15, 0.2) is 17.3 Å². The maximum atomic E-state index is 13.4. The van der Waals surface area contributed by atoms with Gasteiger partial charge in [-0.15, -0.1) is 0 Å². The number of carbonyl (C=O) groups excluding carboxylic acids is 1. The molecule has 0 saturated heterocycles. The zero-order valence-corrected chi connectivity index (χ0v) is 18.6. The minimum Gasteiger partial charge on any atom is -0.493 e. The summed E-state index contributed by atoms with van der Waals surface area (Å²) in [6.45, 7) is 3.48. The van der Waals surface area contributed by atoms with Crippen LogP contribution in [0.3, 0.4) is 0 Å². The molecule has 0 unspecified atom stereocenters. The largest absolute Gasteiger partial charge is 0.493 e. The summed E-state index contributed by atoms with van der Waals surface area (Å²) >= 11 is 0. The van der Waals surface area contributed by atoms with Gasteiger partial charge in [0.2, 0.25) is 5.91 Å². The Bertz CT molecular complexity index is 1040. The van der Waals surface area contributed by atoms with Crippen LogP contribution in [0.5, 0.6) is 11.5 Å². The molecule has 0 radical (unpaired) electrons. The quantitative estimate of drug-likeness (QED) is 0.491. The average molecular weight is 442 g/mol. The van der Waals surface area contributed by atoms with Gasteiger partial charge >= 0.3 is 0 Å². The van der Waals surface area contributed by atoms with Crippen LogP contribution in [0.25, 0.3) is 0 Å². The van der Waals surface area contributed by atoms with Crippen LogP contribution in [0.15, 0.2) is 53.1 Å². The number of aromatic nitrogens is 1. The second-order valence-electron chi connectivity index (χ2n) is 7.47. The van der Waals surface area contributed by atoms with Gasteiger partial charge in [0.25, 0.3) is 0 Å². The lowest BCUT2D eigenvalue weighted by Gasteiger charge is -2.20. The third-order valence-corrected chi connectivity index (χ3v) is 4.93. The summed E-state index contributed by atoms with van der Waals surface area (Å²) in [4.78, 5) is 13.9. The molecule has 1 aromatic heterocycles. The minimum atomic E-state index is -0.296. The van der Waals surface area contributed by atoms with Crippen molar-refractivity contribution in [3.63, 3.8) is 0 Å². The van der Waals surface area contributed by atoms with E-state index in [4.69, 9.17) is 14.0 Å². The molecule has 0 spiro atoms. The molecule has 0 atom stereocenters. The first-order valence-corrected chi connectivity index (χ1v) is 10.4. The van der Waals surface area contributed by atoms with Gasteiger partial charge in [0.05, 0.1) is 25.9 Å². The number of carbonyl (C=O) groups is 1. The van der Waals surface area contributed by atoms with Crippen molar-refractivity contribution in [3.05, 3.63) is 76.9 Å². The Hall–Kier alpha value is -3.39. The number of hydrogen-bond donors (Lipinski definition) is 1. The molecule has 1 amide bonds. The van der Waals surface area contributed by atoms with Gasteiger partial charge in [0.1, 0.15) is 12.4 Å². The number of likely N-dealkylation sites (N-methyl/N-ethyl adjacent to an activating group) is 1. The van der Waals surface area contributed by atoms with Crippen molar-refractivity contribution in [1.82, 2.24) is 15.4 Å². The Morgan fingerprint density at radius 1 is 1.16 bits per heavy atom. The van der Waals surface area contributed by atoms with E-state index in [-0.39, 0.29) is 24.9 Å². The SMILES string of the molecule is CNC(=O)CN(CCc1ccc(OCc2cccc(F)c2)c(OC)c1)Cc1cc(C)no1. The summed E-state index contributed by atoms with van der Waals surface area (Å²) in [7, 11) is 3.20. The highest BCUT2D eigenvalue weighted by molar-refractivity contribution is 5.77. The molecule has 170 valence electrons. The number of methoxy groups -OCH3 is 1. The van der Waals surface area contributed by atoms with E-state index in [1.807, 2.05) is 36.1 Å². The van der Waals surface area contributed by atoms with E-state index in [0.717, 1.165) is 16.8 Å². The molecular formula is C24H28FN3O4. The van der Waals surface area contributed by atoms with E-state index in [1.54, 1.807) is 26.3 Å². The Labute approximate surface area is 187 Å². The molecule has 0 aliphatic heterocycles. The highest BCUT2D eigenvalue weighted by atomic mass is 19.1. The van der Waals surface area contributed by atoms with Crippen LogP contribution >= 0.6 is 0 Å². The Balaban J connectivity index is 1.63. The van der Waals surface area contributed by atoms with Gasteiger partial charge < -0.3 is 19.3 Å². The van der Waals surface area contributed by atoms with Gasteiger partial charge in [-0.2, -0.15) is 0 Å². The van der Waals surface area contributed by atoms with Gasteiger partial charge in [0, 0.05) is 19.7 Å². The predicted octanol–water partition coefficient (Wildman–Crippen LogP) is 3.50. The number of rotatable bonds is 11. The van der Waals surface area contributed by atoms with Crippen molar-refractivity contribution >= 4 is 5.91 Å². The Morgan fingerprint density at radius 3 is 2.69 bits per heavy atom. The lowest BCUT2D eigenvalue weighted by Crippen LogP contribution is -2.36. The van der Waals surface area contributed by atoms with Crippen LogP contribution in [-0.2, 0) is 24.4 Å². The summed E-state index contributed by atoms with van der Waals surface area (Å²) in [6.07, 6.45) is 0.699. The van der Waals surface area contributed by atoms with Gasteiger partial charge in [-0.25, -0.2) is 4.39 Å². The van der Waals surface area contributed by atoms with E-state index in [0.29, 0.717) is 36.8 Å². The maximum Gasteiger partial charge on any atom is 0.233 e. The number of hydrogen-bond acceptors (Lipinski definition) is 6. The maximum absolute atomic E-state index is 13.4. The van der Waals surface area contributed by atoms with Crippen LogP contribution in [0, 0.1) is 12.7 Å². The van der Waals surface area contributed by atoms with Crippen molar-refractivity contribution in [2.45, 2.75) is 26.5 Å². The first-order valence-electron chi connectivity index (χ1n) is 10.4. The molecule has 32 heavy (non-hydrogen) atoms. The fourth-order valence-electron chi connectivity index (χ4n) is 3.27. The van der Waals surface area contributed by atoms with Gasteiger partial charge in [-0.3, -0.25) is 9.69 Å². The third kappa shape index (κ3) is 6.81. The lowest BCUT2D eigenvalue weighted by molar-refractivity contribution is -0.121. The molecule has 0 aliphatic carbocycles. The number of nitrogens with zero attached hydrogens (tertiary/aromatic N) is 2. The van der Waals surface area contributed by atoms with E-state index in [9.17, 15) is 9.18 Å². The van der Waals surface area contributed by atoms with Crippen molar-refractivity contribution in [1.29, 1.82) is 0 Å². The van der Waals surface area contributed by atoms with Crippen molar-refractivity contribution < 1.29 is 23.2 Å². The first-order chi connectivity index (χ1) is 15.5. The molecule has 0 bridgehead atoms. The standard InChI is InChI=1S/C24H28FN3O4/c1-17-11-21(32-27-17)14-28(15-24(29)26-2)10-9-18-7-8-22(23(13-18)30-3)31-16-19-5-4-6-20(25)12-19/h4-8,11-13H,9-10,14-16H2,1-3H3,(H,26,29). The molecular weight excluding hydrogens is 413 g/mol. The van der Waals surface area contributed by atoms with Crippen molar-refractivity contribution in [2.75, 3.05) is 27.2 Å². The number of aryl methyl sites for hydroxylation is 1. The molecule has 0 fully saturated rings. The summed E-state index contributed by atoms with van der Waals surface area (Å²) in [5.74, 6) is 1.53. The van der Waals surface area contributed by atoms with Crippen LogP contribution in [0.1, 0.15) is 22.6 Å². The number of nitrogens with one attached hydrogen (secondary N) is 1. The summed E-state index contributed by atoms with van der Waals surface area (Å²) < 4.78 is 30.0. The third-order valence-electron chi connectivity index (χ3n) is 4.93. The topological polar surface area (TPSA) is 76.8 Å². The molecule has 7 nitrogen and oxygen atoms in total. The molecule has 3 aromatic rings. The predicted molar refractivity (Wildman–Crippen MR) is 118 cm³/mol. The van der Waals surface area contributed by atoms with Gasteiger partial charge in [-0.05, 0) is 48.7 Å². The minimum absolute atomic E-state index is 0.0695. The average Bonchev–Trinajstić information content (AvgIpc) is 3.20.